The number of pyridine rings is 1. The minimum absolute atomic E-state index is 0.215. The lowest BCUT2D eigenvalue weighted by Gasteiger charge is -2.22. The van der Waals surface area contributed by atoms with E-state index in [4.69, 9.17) is 21.1 Å². The fourth-order valence-electron chi connectivity index (χ4n) is 1.08. The molecule has 4 nitrogen and oxygen atoms in total. The van der Waals surface area contributed by atoms with Crippen molar-refractivity contribution in [2.24, 2.45) is 0 Å². The molecule has 0 N–H and O–H groups in total. The van der Waals surface area contributed by atoms with Crippen LogP contribution >= 0.6 is 11.6 Å². The maximum Gasteiger partial charge on any atom is 0.356 e. The van der Waals surface area contributed by atoms with Gasteiger partial charge in [0.1, 0.15) is 5.69 Å². The third-order valence-corrected chi connectivity index (χ3v) is 2.66. The Hall–Kier alpha value is -1.13. The summed E-state index contributed by atoms with van der Waals surface area (Å²) in [5.41, 5.74) is -0.0880. The summed E-state index contributed by atoms with van der Waals surface area (Å²) in [5.74, 6) is -0.473. The molecule has 0 fully saturated rings. The molecule has 0 aliphatic rings. The van der Waals surface area contributed by atoms with E-state index < -0.39 is 5.97 Å². The number of hydrogen-bond donors (Lipinski definition) is 0. The van der Waals surface area contributed by atoms with Crippen LogP contribution in [0.2, 0.25) is 5.02 Å². The lowest BCUT2D eigenvalue weighted by molar-refractivity contribution is -0.00580. The summed E-state index contributed by atoms with van der Waals surface area (Å²) in [4.78, 5) is 15.5. The molecule has 0 saturated heterocycles. The highest BCUT2D eigenvalue weighted by Crippen LogP contribution is 2.13. The van der Waals surface area contributed by atoms with Crippen molar-refractivity contribution in [1.29, 1.82) is 0 Å². The Bertz CT molecular complexity index is 393. The van der Waals surface area contributed by atoms with Crippen molar-refractivity contribution < 1.29 is 14.3 Å². The lowest BCUT2D eigenvalue weighted by Crippen LogP contribution is -2.25. The second-order valence-corrected chi connectivity index (χ2v) is 4.65. The van der Waals surface area contributed by atoms with Crippen molar-refractivity contribution >= 4 is 17.6 Å². The van der Waals surface area contributed by atoms with Gasteiger partial charge in [0.25, 0.3) is 0 Å². The van der Waals surface area contributed by atoms with E-state index >= 15 is 0 Å². The van der Waals surface area contributed by atoms with E-state index in [0.717, 1.165) is 0 Å². The van der Waals surface area contributed by atoms with Gasteiger partial charge in [-0.3, -0.25) is 0 Å². The number of rotatable bonds is 5. The Morgan fingerprint density at radius 2 is 2.24 bits per heavy atom. The number of aromatic nitrogens is 1. The van der Waals surface area contributed by atoms with Crippen molar-refractivity contribution in [2.45, 2.75) is 25.9 Å². The molecule has 1 aromatic rings. The molecule has 0 aliphatic heterocycles. The first kappa shape index (κ1) is 13.9. The summed E-state index contributed by atoms with van der Waals surface area (Å²) in [6, 6.07) is 3.08. The van der Waals surface area contributed by atoms with Crippen LogP contribution in [0.1, 0.15) is 30.8 Å². The van der Waals surface area contributed by atoms with Gasteiger partial charge in [0.15, 0.2) is 0 Å². The number of carbonyl (C=O) groups excluding carboxylic acids is 1. The highest BCUT2D eigenvalue weighted by Gasteiger charge is 2.17. The maximum atomic E-state index is 11.6. The SMILES string of the molecule is COC(C)(C)CCOC(=O)c1cc(Cl)ccn1. The van der Waals surface area contributed by atoms with Gasteiger partial charge >= 0.3 is 5.97 Å². The van der Waals surface area contributed by atoms with E-state index in [2.05, 4.69) is 4.98 Å². The molecule has 0 saturated carbocycles. The predicted molar refractivity (Wildman–Crippen MR) is 65.2 cm³/mol. The zero-order valence-corrected chi connectivity index (χ0v) is 11.0. The van der Waals surface area contributed by atoms with Crippen molar-refractivity contribution in [3.05, 3.63) is 29.0 Å². The first-order chi connectivity index (χ1) is 7.94. The van der Waals surface area contributed by atoms with Crippen LogP contribution in [-0.4, -0.2) is 30.3 Å². The Morgan fingerprint density at radius 3 is 2.82 bits per heavy atom. The van der Waals surface area contributed by atoms with Gasteiger partial charge in [-0.1, -0.05) is 11.6 Å². The summed E-state index contributed by atoms with van der Waals surface area (Å²) in [6.45, 7) is 4.14. The van der Waals surface area contributed by atoms with Gasteiger partial charge in [0.2, 0.25) is 0 Å². The van der Waals surface area contributed by atoms with E-state index in [1.54, 1.807) is 13.2 Å². The first-order valence-electron chi connectivity index (χ1n) is 5.28. The topological polar surface area (TPSA) is 48.4 Å². The van der Waals surface area contributed by atoms with Crippen LogP contribution in [0.5, 0.6) is 0 Å². The summed E-state index contributed by atoms with van der Waals surface area (Å²) in [6.07, 6.45) is 2.09. The van der Waals surface area contributed by atoms with E-state index in [1.807, 2.05) is 13.8 Å². The maximum absolute atomic E-state index is 11.6. The largest absolute Gasteiger partial charge is 0.461 e. The minimum atomic E-state index is -0.473. The van der Waals surface area contributed by atoms with Crippen LogP contribution in [0.15, 0.2) is 18.3 Å². The van der Waals surface area contributed by atoms with Crippen LogP contribution in [-0.2, 0) is 9.47 Å². The lowest BCUT2D eigenvalue weighted by atomic mass is 10.1. The average Bonchev–Trinajstić information content (AvgIpc) is 2.28. The quantitative estimate of drug-likeness (QED) is 0.761. The fourth-order valence-corrected chi connectivity index (χ4v) is 1.24. The summed E-state index contributed by atoms with van der Waals surface area (Å²) >= 11 is 5.75. The number of nitrogens with zero attached hydrogens (tertiary/aromatic N) is 1. The van der Waals surface area contributed by atoms with Gasteiger partial charge in [-0.05, 0) is 26.0 Å². The van der Waals surface area contributed by atoms with Crippen molar-refractivity contribution in [3.8, 4) is 0 Å². The number of hydrogen-bond acceptors (Lipinski definition) is 4. The number of ether oxygens (including phenoxy) is 2. The molecular formula is C12H16ClNO3. The van der Waals surface area contributed by atoms with Gasteiger partial charge in [0, 0.05) is 24.8 Å². The van der Waals surface area contributed by atoms with Crippen LogP contribution in [0.3, 0.4) is 0 Å². The van der Waals surface area contributed by atoms with Crippen LogP contribution in [0.25, 0.3) is 0 Å². The molecule has 0 aromatic carbocycles. The van der Waals surface area contributed by atoms with Crippen molar-refractivity contribution in [1.82, 2.24) is 4.98 Å². The molecule has 17 heavy (non-hydrogen) atoms. The molecule has 5 heteroatoms. The zero-order valence-electron chi connectivity index (χ0n) is 10.2. The van der Waals surface area contributed by atoms with Gasteiger partial charge < -0.3 is 9.47 Å². The molecule has 0 aliphatic carbocycles. The molecule has 94 valence electrons. The summed E-state index contributed by atoms with van der Waals surface area (Å²) in [5, 5.41) is 0.462. The fraction of sp³-hybridized carbons (Fsp3) is 0.500. The minimum Gasteiger partial charge on any atom is -0.461 e. The number of esters is 1. The van der Waals surface area contributed by atoms with Gasteiger partial charge in [-0.15, -0.1) is 0 Å². The Labute approximate surface area is 106 Å². The van der Waals surface area contributed by atoms with Crippen LogP contribution in [0.4, 0.5) is 0 Å². The van der Waals surface area contributed by atoms with Gasteiger partial charge in [0.05, 0.1) is 12.2 Å². The first-order valence-corrected chi connectivity index (χ1v) is 5.66. The van der Waals surface area contributed by atoms with Crippen LogP contribution < -0.4 is 0 Å². The molecule has 0 atom stereocenters. The molecule has 0 unspecified atom stereocenters. The standard InChI is InChI=1S/C12H16ClNO3/c1-12(2,16-3)5-7-17-11(15)10-8-9(13)4-6-14-10/h4,6,8H,5,7H2,1-3H3. The smallest absolute Gasteiger partial charge is 0.356 e. The molecule has 1 aromatic heterocycles. The number of halogens is 1. The van der Waals surface area contributed by atoms with Crippen molar-refractivity contribution in [3.63, 3.8) is 0 Å². The molecule has 0 bridgehead atoms. The van der Waals surface area contributed by atoms with E-state index in [9.17, 15) is 4.79 Å². The number of methoxy groups -OCH3 is 1. The second-order valence-electron chi connectivity index (χ2n) is 4.21. The highest BCUT2D eigenvalue weighted by atomic mass is 35.5. The van der Waals surface area contributed by atoms with E-state index in [1.165, 1.54) is 12.3 Å². The summed E-state index contributed by atoms with van der Waals surface area (Å²) < 4.78 is 10.3. The van der Waals surface area contributed by atoms with Crippen LogP contribution in [0, 0.1) is 0 Å². The van der Waals surface area contributed by atoms with Gasteiger partial charge in [-0.25, -0.2) is 9.78 Å². The predicted octanol–water partition coefficient (Wildman–Crippen LogP) is 2.71. The molecule has 1 rings (SSSR count). The Balaban J connectivity index is 2.46. The van der Waals surface area contributed by atoms with Gasteiger partial charge in [-0.2, -0.15) is 0 Å². The van der Waals surface area contributed by atoms with E-state index in [-0.39, 0.29) is 17.9 Å². The molecular weight excluding hydrogens is 242 g/mol. The normalized spacial score (nSPS) is 11.3. The molecule has 0 amide bonds. The van der Waals surface area contributed by atoms with E-state index in [0.29, 0.717) is 11.4 Å². The zero-order chi connectivity index (χ0) is 12.9. The monoisotopic (exact) mass is 257 g/mol. The average molecular weight is 258 g/mol. The third kappa shape index (κ3) is 4.71. The van der Waals surface area contributed by atoms with Crippen molar-refractivity contribution in [2.75, 3.05) is 13.7 Å². The number of carbonyl (C=O) groups is 1. The third-order valence-electron chi connectivity index (χ3n) is 2.42. The molecule has 0 radical (unpaired) electrons. The molecule has 0 spiro atoms. The Morgan fingerprint density at radius 1 is 1.53 bits per heavy atom. The molecule has 1 heterocycles. The highest BCUT2D eigenvalue weighted by molar-refractivity contribution is 6.30. The Kier molecular flexibility index (Phi) is 4.90. The summed E-state index contributed by atoms with van der Waals surface area (Å²) in [7, 11) is 1.63. The second kappa shape index (κ2) is 5.98.